The third-order valence-corrected chi connectivity index (χ3v) is 2.81. The molecule has 0 atom stereocenters. The molecule has 0 amide bonds. The maximum atomic E-state index is 5.48. The zero-order valence-electron chi connectivity index (χ0n) is 8.88. The lowest BCUT2D eigenvalue weighted by molar-refractivity contribution is 0.466. The second-order valence-electron chi connectivity index (χ2n) is 3.36. The van der Waals surface area contributed by atoms with Gasteiger partial charge in [0, 0.05) is 18.1 Å². The number of thioether (sulfide) groups is 1. The molecule has 0 aromatic carbocycles. The van der Waals surface area contributed by atoms with E-state index < -0.39 is 0 Å². The van der Waals surface area contributed by atoms with E-state index in [0.29, 0.717) is 11.1 Å². The van der Waals surface area contributed by atoms with Crippen LogP contribution in [-0.4, -0.2) is 20.9 Å². The summed E-state index contributed by atoms with van der Waals surface area (Å²) in [6, 6.07) is 3.72. The summed E-state index contributed by atoms with van der Waals surface area (Å²) >= 11 is 1.48. The summed E-state index contributed by atoms with van der Waals surface area (Å²) in [5.74, 6) is 1.28. The number of aromatic nitrogens is 3. The lowest BCUT2D eigenvalue weighted by Gasteiger charge is -1.93. The van der Waals surface area contributed by atoms with Crippen LogP contribution in [0.4, 0.5) is 0 Å². The third-order valence-electron chi connectivity index (χ3n) is 1.76. The molecular weight excluding hydrogens is 222 g/mol. The minimum atomic E-state index is 0.498. The van der Waals surface area contributed by atoms with Crippen LogP contribution >= 0.6 is 11.8 Å². The van der Waals surface area contributed by atoms with E-state index in [2.05, 4.69) is 21.8 Å². The minimum Gasteiger partial charge on any atom is -0.411 e. The van der Waals surface area contributed by atoms with Crippen LogP contribution < -0.4 is 0 Å². The molecule has 0 N–H and O–H groups in total. The Balaban J connectivity index is 2.11. The van der Waals surface area contributed by atoms with Crippen molar-refractivity contribution < 1.29 is 4.42 Å². The van der Waals surface area contributed by atoms with Crippen molar-refractivity contribution in [3.05, 3.63) is 36.7 Å². The van der Waals surface area contributed by atoms with Gasteiger partial charge < -0.3 is 4.42 Å². The fourth-order valence-electron chi connectivity index (χ4n) is 1.06. The molecule has 0 saturated heterocycles. The molecule has 0 unspecified atom stereocenters. The first-order chi connectivity index (χ1) is 7.75. The molecule has 0 saturated carbocycles. The first kappa shape index (κ1) is 10.9. The van der Waals surface area contributed by atoms with Crippen molar-refractivity contribution in [2.24, 2.45) is 0 Å². The van der Waals surface area contributed by atoms with Crippen molar-refractivity contribution in [2.75, 3.05) is 5.75 Å². The summed E-state index contributed by atoms with van der Waals surface area (Å²) in [6.07, 6.45) is 3.40. The Hall–Kier alpha value is -1.62. The molecular formula is C11H11N3OS. The molecule has 2 rings (SSSR count). The molecule has 0 aliphatic heterocycles. The van der Waals surface area contributed by atoms with Crippen molar-refractivity contribution in [2.45, 2.75) is 12.1 Å². The molecule has 0 aliphatic rings. The Bertz CT molecular complexity index is 481. The molecule has 5 heteroatoms. The maximum absolute atomic E-state index is 5.48. The fourth-order valence-corrected chi connectivity index (χ4v) is 1.67. The molecule has 0 fully saturated rings. The predicted octanol–water partition coefficient (Wildman–Crippen LogP) is 2.80. The van der Waals surface area contributed by atoms with Crippen molar-refractivity contribution in [1.82, 2.24) is 15.2 Å². The lowest BCUT2D eigenvalue weighted by atomic mass is 10.3. The van der Waals surface area contributed by atoms with E-state index in [4.69, 9.17) is 4.42 Å². The second-order valence-corrected chi connectivity index (χ2v) is 4.29. The molecule has 82 valence electrons. The average Bonchev–Trinajstić information content (AvgIpc) is 2.76. The SMILES string of the molecule is C=C(C)CSc1nnc(-c2cccnc2)o1. The fraction of sp³-hybridized carbons (Fsp3) is 0.182. The van der Waals surface area contributed by atoms with Gasteiger partial charge >= 0.3 is 0 Å². The van der Waals surface area contributed by atoms with Gasteiger partial charge in [-0.2, -0.15) is 0 Å². The molecule has 0 spiro atoms. The highest BCUT2D eigenvalue weighted by atomic mass is 32.2. The number of rotatable bonds is 4. The van der Waals surface area contributed by atoms with Gasteiger partial charge in [-0.15, -0.1) is 10.2 Å². The smallest absolute Gasteiger partial charge is 0.277 e. The van der Waals surface area contributed by atoms with Crippen LogP contribution in [0.25, 0.3) is 11.5 Å². The van der Waals surface area contributed by atoms with Gasteiger partial charge in [0.15, 0.2) is 0 Å². The monoisotopic (exact) mass is 233 g/mol. The zero-order chi connectivity index (χ0) is 11.4. The topological polar surface area (TPSA) is 51.8 Å². The van der Waals surface area contributed by atoms with Gasteiger partial charge in [-0.3, -0.25) is 4.98 Å². The van der Waals surface area contributed by atoms with Gasteiger partial charge in [0.2, 0.25) is 5.89 Å². The number of hydrogen-bond acceptors (Lipinski definition) is 5. The molecule has 0 aliphatic carbocycles. The van der Waals surface area contributed by atoms with E-state index in [-0.39, 0.29) is 0 Å². The van der Waals surface area contributed by atoms with Crippen LogP contribution in [0.5, 0.6) is 0 Å². The van der Waals surface area contributed by atoms with Gasteiger partial charge in [-0.1, -0.05) is 23.9 Å². The first-order valence-corrected chi connectivity index (χ1v) is 5.75. The van der Waals surface area contributed by atoms with Gasteiger partial charge in [-0.05, 0) is 19.1 Å². The van der Waals surface area contributed by atoms with Gasteiger partial charge in [0.1, 0.15) is 0 Å². The highest BCUT2D eigenvalue weighted by molar-refractivity contribution is 7.99. The first-order valence-electron chi connectivity index (χ1n) is 4.77. The van der Waals surface area contributed by atoms with Crippen LogP contribution in [0.3, 0.4) is 0 Å². The Labute approximate surface area is 97.8 Å². The highest BCUT2D eigenvalue weighted by Crippen LogP contribution is 2.23. The van der Waals surface area contributed by atoms with Crippen LogP contribution in [0.15, 0.2) is 46.3 Å². The Morgan fingerprint density at radius 3 is 3.06 bits per heavy atom. The van der Waals surface area contributed by atoms with E-state index in [1.165, 1.54) is 11.8 Å². The van der Waals surface area contributed by atoms with E-state index >= 15 is 0 Å². The van der Waals surface area contributed by atoms with Crippen molar-refractivity contribution >= 4 is 11.8 Å². The summed E-state index contributed by atoms with van der Waals surface area (Å²) in [6.45, 7) is 5.78. The van der Waals surface area contributed by atoms with Crippen LogP contribution in [0.1, 0.15) is 6.92 Å². The molecule has 2 heterocycles. The number of nitrogens with zero attached hydrogens (tertiary/aromatic N) is 3. The largest absolute Gasteiger partial charge is 0.411 e. The minimum absolute atomic E-state index is 0.498. The van der Waals surface area contributed by atoms with Gasteiger partial charge in [-0.25, -0.2) is 0 Å². The predicted molar refractivity (Wildman–Crippen MR) is 63.1 cm³/mol. The van der Waals surface area contributed by atoms with E-state index in [1.54, 1.807) is 12.4 Å². The summed E-state index contributed by atoms with van der Waals surface area (Å²) in [5.41, 5.74) is 1.91. The molecule has 4 nitrogen and oxygen atoms in total. The summed E-state index contributed by atoms with van der Waals surface area (Å²) in [4.78, 5) is 4.00. The second kappa shape index (κ2) is 4.94. The Kier molecular flexibility index (Phi) is 3.36. The Morgan fingerprint density at radius 1 is 1.50 bits per heavy atom. The quantitative estimate of drug-likeness (QED) is 0.600. The average molecular weight is 233 g/mol. The van der Waals surface area contributed by atoms with E-state index in [9.17, 15) is 0 Å². The normalized spacial score (nSPS) is 10.3. The maximum Gasteiger partial charge on any atom is 0.277 e. The summed E-state index contributed by atoms with van der Waals surface area (Å²) < 4.78 is 5.48. The van der Waals surface area contributed by atoms with Gasteiger partial charge in [0.25, 0.3) is 5.22 Å². The van der Waals surface area contributed by atoms with Crippen LogP contribution in [0, 0.1) is 0 Å². The van der Waals surface area contributed by atoms with Crippen LogP contribution in [-0.2, 0) is 0 Å². The molecule has 16 heavy (non-hydrogen) atoms. The molecule has 2 aromatic rings. The Morgan fingerprint density at radius 2 is 2.38 bits per heavy atom. The highest BCUT2D eigenvalue weighted by Gasteiger charge is 2.08. The standard InChI is InChI=1S/C11H11N3OS/c1-8(2)7-16-11-14-13-10(15-11)9-4-3-5-12-6-9/h3-6H,1,7H2,2H3. The molecule has 0 radical (unpaired) electrons. The summed E-state index contributed by atoms with van der Waals surface area (Å²) in [5, 5.41) is 8.46. The lowest BCUT2D eigenvalue weighted by Crippen LogP contribution is -1.78. The van der Waals surface area contributed by atoms with Crippen molar-refractivity contribution in [3.8, 4) is 11.5 Å². The zero-order valence-corrected chi connectivity index (χ0v) is 9.70. The van der Waals surface area contributed by atoms with Crippen molar-refractivity contribution in [1.29, 1.82) is 0 Å². The third kappa shape index (κ3) is 2.70. The molecule has 2 aromatic heterocycles. The summed E-state index contributed by atoms with van der Waals surface area (Å²) in [7, 11) is 0. The van der Waals surface area contributed by atoms with Crippen molar-refractivity contribution in [3.63, 3.8) is 0 Å². The van der Waals surface area contributed by atoms with Crippen LogP contribution in [0.2, 0.25) is 0 Å². The molecule has 0 bridgehead atoms. The number of hydrogen-bond donors (Lipinski definition) is 0. The number of pyridine rings is 1. The van der Waals surface area contributed by atoms with Gasteiger partial charge in [0.05, 0.1) is 5.56 Å². The van der Waals surface area contributed by atoms with E-state index in [0.717, 1.165) is 16.9 Å². The van der Waals surface area contributed by atoms with E-state index in [1.807, 2.05) is 19.1 Å².